The lowest BCUT2D eigenvalue weighted by atomic mass is 10.1. The van der Waals surface area contributed by atoms with E-state index >= 15 is 0 Å². The minimum Gasteiger partial charge on any atom is -0.263 e. The van der Waals surface area contributed by atoms with Gasteiger partial charge < -0.3 is 0 Å². The zero-order valence-electron chi connectivity index (χ0n) is 12.1. The van der Waals surface area contributed by atoms with Crippen molar-refractivity contribution in [1.82, 2.24) is 9.97 Å². The molecular formula is C17H18N2Si. The molecule has 100 valence electrons. The molecule has 0 saturated carbocycles. The van der Waals surface area contributed by atoms with Crippen molar-refractivity contribution in [2.45, 2.75) is 19.6 Å². The van der Waals surface area contributed by atoms with E-state index in [2.05, 4.69) is 41.1 Å². The van der Waals surface area contributed by atoms with Crippen molar-refractivity contribution >= 4 is 20.2 Å². The monoisotopic (exact) mass is 278 g/mol. The Kier molecular flexibility index (Phi) is 4.49. The fraction of sp³-hybridized carbons (Fsp3) is 0.176. The van der Waals surface area contributed by atoms with Crippen molar-refractivity contribution in [2.24, 2.45) is 0 Å². The summed E-state index contributed by atoms with van der Waals surface area (Å²) in [7, 11) is -1.38. The Bertz CT molecular complexity index is 659. The Hall–Kier alpha value is -2.18. The molecule has 0 unspecified atom stereocenters. The summed E-state index contributed by atoms with van der Waals surface area (Å²) in [5.41, 5.74) is 6.37. The summed E-state index contributed by atoms with van der Waals surface area (Å²) in [6, 6.07) is 7.85. The highest BCUT2D eigenvalue weighted by Crippen LogP contribution is 2.11. The predicted octanol–water partition coefficient (Wildman–Crippen LogP) is 3.88. The zero-order valence-corrected chi connectivity index (χ0v) is 13.1. The molecular weight excluding hydrogens is 260 g/mol. The van der Waals surface area contributed by atoms with Gasteiger partial charge in [-0.05, 0) is 29.8 Å². The molecule has 0 spiro atoms. The van der Waals surface area contributed by atoms with Gasteiger partial charge in [-0.25, -0.2) is 0 Å². The van der Waals surface area contributed by atoms with E-state index in [4.69, 9.17) is 0 Å². The highest BCUT2D eigenvalue weighted by Gasteiger charge is 2.07. The predicted molar refractivity (Wildman–Crippen MR) is 87.6 cm³/mol. The minimum absolute atomic E-state index is 0.938. The standard InChI is InChI=1S/C17H18N2Si/c1-20(2,3)13-10-16-14-18-12-9-15(16)7-8-17-6-4-5-11-19-17/h4-9,11-12,14H,1-3H3/b8-7+. The van der Waals surface area contributed by atoms with Crippen LogP contribution >= 0.6 is 0 Å². The highest BCUT2D eigenvalue weighted by molar-refractivity contribution is 6.83. The number of hydrogen-bond donors (Lipinski definition) is 0. The quantitative estimate of drug-likeness (QED) is 0.615. The van der Waals surface area contributed by atoms with Gasteiger partial charge >= 0.3 is 0 Å². The topological polar surface area (TPSA) is 25.8 Å². The second kappa shape index (κ2) is 6.31. The molecule has 2 nitrogen and oxygen atoms in total. The lowest BCUT2D eigenvalue weighted by Crippen LogP contribution is -2.16. The molecule has 0 N–H and O–H groups in total. The van der Waals surface area contributed by atoms with E-state index in [1.54, 1.807) is 12.4 Å². The van der Waals surface area contributed by atoms with Gasteiger partial charge in [0.25, 0.3) is 0 Å². The van der Waals surface area contributed by atoms with Gasteiger partial charge in [-0.3, -0.25) is 9.97 Å². The molecule has 2 rings (SSSR count). The second-order valence-electron chi connectivity index (χ2n) is 5.55. The summed E-state index contributed by atoms with van der Waals surface area (Å²) in [5, 5.41) is 0. The number of aromatic nitrogens is 2. The summed E-state index contributed by atoms with van der Waals surface area (Å²) in [5.74, 6) is 3.27. The van der Waals surface area contributed by atoms with Crippen LogP contribution in [0.2, 0.25) is 19.6 Å². The van der Waals surface area contributed by atoms with Crippen molar-refractivity contribution in [3.8, 4) is 11.5 Å². The third-order valence-electron chi connectivity index (χ3n) is 2.55. The summed E-state index contributed by atoms with van der Waals surface area (Å²) in [6.45, 7) is 6.71. The molecule has 0 amide bonds. The fourth-order valence-corrected chi connectivity index (χ4v) is 2.07. The van der Waals surface area contributed by atoms with Crippen molar-refractivity contribution in [3.63, 3.8) is 0 Å². The third-order valence-corrected chi connectivity index (χ3v) is 3.42. The van der Waals surface area contributed by atoms with Gasteiger partial charge in [-0.2, -0.15) is 0 Å². The van der Waals surface area contributed by atoms with Gasteiger partial charge in [-0.1, -0.05) is 37.7 Å². The molecule has 2 heterocycles. The smallest absolute Gasteiger partial charge is 0.129 e. The van der Waals surface area contributed by atoms with Crippen LogP contribution < -0.4 is 0 Å². The van der Waals surface area contributed by atoms with Gasteiger partial charge in [0, 0.05) is 24.2 Å². The maximum absolute atomic E-state index is 4.28. The Morgan fingerprint density at radius 3 is 2.60 bits per heavy atom. The molecule has 0 aliphatic rings. The summed E-state index contributed by atoms with van der Waals surface area (Å²) in [4.78, 5) is 8.44. The third kappa shape index (κ3) is 4.49. The van der Waals surface area contributed by atoms with Crippen LogP contribution in [0.15, 0.2) is 42.9 Å². The lowest BCUT2D eigenvalue weighted by molar-refractivity contribution is 1.29. The summed E-state index contributed by atoms with van der Waals surface area (Å²) >= 11 is 0. The average Bonchev–Trinajstić information content (AvgIpc) is 2.44. The van der Waals surface area contributed by atoms with Gasteiger partial charge in [-0.15, -0.1) is 5.54 Å². The first kappa shape index (κ1) is 14.2. The normalized spacial score (nSPS) is 11.2. The molecule has 0 aliphatic carbocycles. The summed E-state index contributed by atoms with van der Waals surface area (Å²) in [6.07, 6.45) is 9.44. The maximum atomic E-state index is 4.28. The summed E-state index contributed by atoms with van der Waals surface area (Å²) < 4.78 is 0. The fourth-order valence-electron chi connectivity index (χ4n) is 1.56. The molecule has 0 aromatic carbocycles. The van der Waals surface area contributed by atoms with Crippen molar-refractivity contribution in [2.75, 3.05) is 0 Å². The van der Waals surface area contributed by atoms with Gasteiger partial charge in [0.1, 0.15) is 8.07 Å². The molecule has 20 heavy (non-hydrogen) atoms. The number of pyridine rings is 2. The first-order valence-electron chi connectivity index (χ1n) is 6.61. The van der Waals surface area contributed by atoms with E-state index in [0.29, 0.717) is 0 Å². The highest BCUT2D eigenvalue weighted by atomic mass is 28.3. The van der Waals surface area contributed by atoms with Crippen LogP contribution in [0.3, 0.4) is 0 Å². The molecule has 0 bridgehead atoms. The van der Waals surface area contributed by atoms with E-state index in [-0.39, 0.29) is 0 Å². The Morgan fingerprint density at radius 2 is 1.90 bits per heavy atom. The second-order valence-corrected chi connectivity index (χ2v) is 10.3. The minimum atomic E-state index is -1.38. The van der Waals surface area contributed by atoms with E-state index in [9.17, 15) is 0 Å². The van der Waals surface area contributed by atoms with Crippen LogP contribution in [0.1, 0.15) is 16.8 Å². The first-order valence-corrected chi connectivity index (χ1v) is 10.1. The molecule has 2 aromatic heterocycles. The van der Waals surface area contributed by atoms with E-state index in [1.165, 1.54) is 0 Å². The first-order chi connectivity index (χ1) is 9.54. The molecule has 2 aromatic rings. The zero-order chi connectivity index (χ0) is 14.4. The maximum Gasteiger partial charge on any atom is 0.129 e. The van der Waals surface area contributed by atoms with Crippen molar-refractivity contribution in [3.05, 3.63) is 59.7 Å². The molecule has 3 heteroatoms. The van der Waals surface area contributed by atoms with Gasteiger partial charge in [0.2, 0.25) is 0 Å². The Morgan fingerprint density at radius 1 is 1.05 bits per heavy atom. The Balaban J connectivity index is 2.29. The van der Waals surface area contributed by atoms with Crippen LogP contribution in [0.4, 0.5) is 0 Å². The average molecular weight is 278 g/mol. The van der Waals surface area contributed by atoms with Crippen molar-refractivity contribution in [1.29, 1.82) is 0 Å². The van der Waals surface area contributed by atoms with E-state index in [1.807, 2.05) is 42.6 Å². The number of rotatable bonds is 2. The van der Waals surface area contributed by atoms with Crippen LogP contribution in [0, 0.1) is 11.5 Å². The molecule has 0 fully saturated rings. The van der Waals surface area contributed by atoms with Crippen LogP contribution in [0.5, 0.6) is 0 Å². The van der Waals surface area contributed by atoms with Crippen LogP contribution in [0.25, 0.3) is 12.2 Å². The largest absolute Gasteiger partial charge is 0.263 e. The van der Waals surface area contributed by atoms with E-state index < -0.39 is 8.07 Å². The lowest BCUT2D eigenvalue weighted by Gasteiger charge is -2.04. The molecule has 0 saturated heterocycles. The SMILES string of the molecule is C[Si](C)(C)C#Cc1cnccc1/C=C/c1ccccn1. The molecule has 0 aliphatic heterocycles. The number of hydrogen-bond acceptors (Lipinski definition) is 2. The van der Waals surface area contributed by atoms with Crippen LogP contribution in [-0.4, -0.2) is 18.0 Å². The van der Waals surface area contributed by atoms with Crippen molar-refractivity contribution < 1.29 is 0 Å². The molecule has 0 atom stereocenters. The Labute approximate surface area is 121 Å². The van der Waals surface area contributed by atoms with Crippen LogP contribution in [-0.2, 0) is 0 Å². The number of nitrogens with zero attached hydrogens (tertiary/aromatic N) is 2. The van der Waals surface area contributed by atoms with E-state index in [0.717, 1.165) is 16.8 Å². The molecule has 0 radical (unpaired) electrons. The van der Waals surface area contributed by atoms with Gasteiger partial charge in [0.15, 0.2) is 0 Å². The van der Waals surface area contributed by atoms with Gasteiger partial charge in [0.05, 0.1) is 5.69 Å².